The van der Waals surface area contributed by atoms with Gasteiger partial charge in [0.05, 0.1) is 22.7 Å². The third kappa shape index (κ3) is 5.62. The lowest BCUT2D eigenvalue weighted by Gasteiger charge is -2.24. The molecule has 0 aromatic heterocycles. The van der Waals surface area contributed by atoms with Gasteiger partial charge in [0.2, 0.25) is 0 Å². The first kappa shape index (κ1) is 20.6. The van der Waals surface area contributed by atoms with E-state index in [4.69, 9.17) is 21.4 Å². The van der Waals surface area contributed by atoms with E-state index in [0.717, 1.165) is 18.2 Å². The van der Waals surface area contributed by atoms with Crippen molar-refractivity contribution < 1.29 is 32.6 Å². The molecule has 1 N–H and O–H groups in total. The molecule has 0 amide bonds. The molecule has 9 heteroatoms. The van der Waals surface area contributed by atoms with E-state index in [9.17, 15) is 22.8 Å². The molecule has 2 aromatic rings. The van der Waals surface area contributed by atoms with Gasteiger partial charge < -0.3 is 14.7 Å². The second-order valence-corrected chi connectivity index (χ2v) is 6.08. The molecule has 0 unspecified atom stereocenters. The molecule has 0 saturated heterocycles. The predicted octanol–water partition coefficient (Wildman–Crippen LogP) is 4.49. The highest BCUT2D eigenvalue weighted by Gasteiger charge is 2.31. The molecule has 0 aliphatic rings. The highest BCUT2D eigenvalue weighted by Crippen LogP contribution is 2.34. The molecule has 0 saturated carbocycles. The number of alkyl halides is 3. The Morgan fingerprint density at radius 1 is 1.19 bits per heavy atom. The number of hydrogen-bond acceptors (Lipinski definition) is 4. The monoisotopic (exact) mass is 401 g/mol. The van der Waals surface area contributed by atoms with Crippen LogP contribution in [-0.4, -0.2) is 30.1 Å². The maximum atomic E-state index is 12.7. The molecule has 144 valence electrons. The van der Waals surface area contributed by atoms with Crippen LogP contribution >= 0.6 is 11.6 Å². The molecule has 0 atom stereocenters. The predicted molar refractivity (Wildman–Crippen MR) is 93.4 cm³/mol. The van der Waals surface area contributed by atoms with Gasteiger partial charge >= 0.3 is 12.1 Å². The van der Waals surface area contributed by atoms with E-state index in [0.29, 0.717) is 5.69 Å². The summed E-state index contributed by atoms with van der Waals surface area (Å²) in [5, 5.41) is 8.85. The number of halogens is 4. The van der Waals surface area contributed by atoms with Crippen LogP contribution in [0, 0.1) is 0 Å². The molecule has 5 nitrogen and oxygen atoms in total. The highest BCUT2D eigenvalue weighted by molar-refractivity contribution is 6.32. The van der Waals surface area contributed by atoms with E-state index in [-0.39, 0.29) is 35.4 Å². The first-order valence-electron chi connectivity index (χ1n) is 7.65. The smallest absolute Gasteiger partial charge is 0.416 e. The average Bonchev–Trinajstić information content (AvgIpc) is 2.58. The van der Waals surface area contributed by atoms with E-state index in [1.165, 1.54) is 30.0 Å². The van der Waals surface area contributed by atoms with Crippen molar-refractivity contribution in [1.82, 2.24) is 0 Å². The van der Waals surface area contributed by atoms with Crippen molar-refractivity contribution >= 4 is 29.0 Å². The summed E-state index contributed by atoms with van der Waals surface area (Å²) < 4.78 is 43.5. The molecule has 0 aliphatic heterocycles. The zero-order chi connectivity index (χ0) is 20.2. The van der Waals surface area contributed by atoms with Crippen molar-refractivity contribution in [2.24, 2.45) is 0 Å². The molecule has 2 aromatic carbocycles. The number of benzene rings is 2. The Morgan fingerprint density at radius 2 is 1.89 bits per heavy atom. The minimum Gasteiger partial charge on any atom is -0.478 e. The summed E-state index contributed by atoms with van der Waals surface area (Å²) in [6.45, 7) is 1.05. The van der Waals surface area contributed by atoms with Gasteiger partial charge in [0, 0.05) is 5.69 Å². The first-order chi connectivity index (χ1) is 12.6. The number of carboxylic acids is 1. The molecule has 27 heavy (non-hydrogen) atoms. The maximum absolute atomic E-state index is 12.7. The molecular formula is C18H15ClF3NO4. The third-order valence-corrected chi connectivity index (χ3v) is 3.80. The third-order valence-electron chi connectivity index (χ3n) is 3.51. The Kier molecular flexibility index (Phi) is 6.32. The minimum atomic E-state index is -4.53. The van der Waals surface area contributed by atoms with Crippen LogP contribution in [0.25, 0.3) is 0 Å². The summed E-state index contributed by atoms with van der Waals surface area (Å²) in [4.78, 5) is 24.1. The number of carbonyl (C=O) groups excluding carboxylic acids is 1. The van der Waals surface area contributed by atoms with Crippen molar-refractivity contribution in [3.63, 3.8) is 0 Å². The quantitative estimate of drug-likeness (QED) is 0.692. The van der Waals surface area contributed by atoms with Crippen LogP contribution in [0.15, 0.2) is 42.5 Å². The zero-order valence-corrected chi connectivity index (χ0v) is 14.8. The highest BCUT2D eigenvalue weighted by atomic mass is 35.5. The lowest BCUT2D eigenvalue weighted by molar-refractivity contribution is -0.137. The Bertz CT molecular complexity index is 855. The van der Waals surface area contributed by atoms with Crippen molar-refractivity contribution in [2.45, 2.75) is 13.1 Å². The number of rotatable bonds is 7. The Hall–Kier alpha value is -2.74. The fourth-order valence-corrected chi connectivity index (χ4v) is 2.49. The van der Waals surface area contributed by atoms with Gasteiger partial charge in [-0.25, -0.2) is 4.79 Å². The number of anilines is 1. The molecule has 0 radical (unpaired) electrons. The Labute approximate surface area is 157 Å². The first-order valence-corrected chi connectivity index (χ1v) is 8.03. The summed E-state index contributed by atoms with van der Waals surface area (Å²) in [5.41, 5.74) is -0.476. The minimum absolute atomic E-state index is 0.00704. The second kappa shape index (κ2) is 8.30. The molecule has 0 fully saturated rings. The Morgan fingerprint density at radius 3 is 2.44 bits per heavy atom. The van der Waals surface area contributed by atoms with E-state index in [1.54, 1.807) is 6.07 Å². The van der Waals surface area contributed by atoms with E-state index in [2.05, 4.69) is 0 Å². The van der Waals surface area contributed by atoms with Gasteiger partial charge in [-0.05, 0) is 43.3 Å². The molecule has 0 heterocycles. The fraction of sp³-hybridized carbons (Fsp3) is 0.222. The van der Waals surface area contributed by atoms with E-state index in [1.807, 2.05) is 0 Å². The summed E-state index contributed by atoms with van der Waals surface area (Å²) in [6, 6.07) is 8.53. The number of carbonyl (C=O) groups is 2. The molecular weight excluding hydrogens is 387 g/mol. The van der Waals surface area contributed by atoms with Gasteiger partial charge in [-0.2, -0.15) is 13.2 Å². The molecule has 2 rings (SSSR count). The van der Waals surface area contributed by atoms with Gasteiger partial charge in [-0.3, -0.25) is 4.79 Å². The summed E-state index contributed by atoms with van der Waals surface area (Å²) >= 11 is 5.85. The SMILES string of the molecule is CC(=O)CN(COc1ccc(C(F)(F)F)cc1Cl)c1cccc(C(=O)O)c1. The van der Waals surface area contributed by atoms with Crippen LogP contribution in [0.5, 0.6) is 5.75 Å². The number of Topliss-reactive ketones (excluding diaryl/α,β-unsaturated/α-hetero) is 1. The van der Waals surface area contributed by atoms with Gasteiger partial charge in [0.1, 0.15) is 11.5 Å². The van der Waals surface area contributed by atoms with Crippen molar-refractivity contribution in [1.29, 1.82) is 0 Å². The summed E-state index contributed by atoms with van der Waals surface area (Å²) in [5.74, 6) is -1.34. The van der Waals surface area contributed by atoms with Crippen molar-refractivity contribution in [3.05, 3.63) is 58.6 Å². The summed E-state index contributed by atoms with van der Waals surface area (Å²) in [7, 11) is 0. The van der Waals surface area contributed by atoms with Crippen LogP contribution in [0.3, 0.4) is 0 Å². The number of nitrogens with zero attached hydrogens (tertiary/aromatic N) is 1. The van der Waals surface area contributed by atoms with Gasteiger partial charge in [-0.1, -0.05) is 17.7 Å². The van der Waals surface area contributed by atoms with Crippen LogP contribution in [-0.2, 0) is 11.0 Å². The number of ketones is 1. The average molecular weight is 402 g/mol. The number of hydrogen-bond donors (Lipinski definition) is 1. The number of carboxylic acid groups (broad SMARTS) is 1. The van der Waals surface area contributed by atoms with E-state index < -0.39 is 17.7 Å². The van der Waals surface area contributed by atoms with Crippen molar-refractivity contribution in [2.75, 3.05) is 18.2 Å². The number of aromatic carboxylic acids is 1. The standard InChI is InChI=1S/C18H15ClF3NO4/c1-11(24)9-23(14-4-2-3-12(7-14)17(25)26)10-27-16-6-5-13(8-15(16)19)18(20,21)22/h2-8H,9-10H2,1H3,(H,25,26). The van der Waals surface area contributed by atoms with Gasteiger partial charge in [0.15, 0.2) is 6.73 Å². The zero-order valence-electron chi connectivity index (χ0n) is 14.1. The van der Waals surface area contributed by atoms with Gasteiger partial charge in [0.25, 0.3) is 0 Å². The topological polar surface area (TPSA) is 66.8 Å². The second-order valence-electron chi connectivity index (χ2n) is 5.67. The molecule has 0 bridgehead atoms. The van der Waals surface area contributed by atoms with E-state index >= 15 is 0 Å². The lowest BCUT2D eigenvalue weighted by atomic mass is 10.2. The normalized spacial score (nSPS) is 11.1. The van der Waals surface area contributed by atoms with Crippen LogP contribution < -0.4 is 9.64 Å². The molecule has 0 aliphatic carbocycles. The maximum Gasteiger partial charge on any atom is 0.416 e. The molecule has 0 spiro atoms. The van der Waals surface area contributed by atoms with Crippen LogP contribution in [0.2, 0.25) is 5.02 Å². The summed E-state index contributed by atoms with van der Waals surface area (Å²) in [6.07, 6.45) is -4.53. The lowest BCUT2D eigenvalue weighted by Crippen LogP contribution is -2.32. The van der Waals surface area contributed by atoms with Crippen LogP contribution in [0.1, 0.15) is 22.8 Å². The van der Waals surface area contributed by atoms with Crippen LogP contribution in [0.4, 0.5) is 18.9 Å². The number of ether oxygens (including phenoxy) is 1. The van der Waals surface area contributed by atoms with Gasteiger partial charge in [-0.15, -0.1) is 0 Å². The van der Waals surface area contributed by atoms with Crippen molar-refractivity contribution in [3.8, 4) is 5.75 Å². The Balaban J connectivity index is 2.21. The largest absolute Gasteiger partial charge is 0.478 e. The fourth-order valence-electron chi connectivity index (χ4n) is 2.26.